The molecule has 0 radical (unpaired) electrons. The lowest BCUT2D eigenvalue weighted by molar-refractivity contribution is 1.16. The van der Waals surface area contributed by atoms with E-state index in [1.165, 1.54) is 127 Å². The molecule has 3 aliphatic heterocycles. The number of hydrogen-bond donors (Lipinski definition) is 0. The summed E-state index contributed by atoms with van der Waals surface area (Å²) >= 11 is 0. The van der Waals surface area contributed by atoms with Crippen LogP contribution in [0.3, 0.4) is 0 Å². The molecule has 8 aromatic carbocycles. The molecule has 55 heavy (non-hydrogen) atoms. The molecule has 0 saturated carbocycles. The maximum absolute atomic E-state index is 2.64. The van der Waals surface area contributed by atoms with E-state index in [-0.39, 0.29) is 13.4 Å². The van der Waals surface area contributed by atoms with Crippen molar-refractivity contribution in [3.8, 4) is 33.6 Å². The second-order valence-electron chi connectivity index (χ2n) is 16.2. The normalized spacial score (nSPS) is 13.3. The molecule has 0 aliphatic carbocycles. The first-order chi connectivity index (χ1) is 27.0. The van der Waals surface area contributed by atoms with E-state index in [9.17, 15) is 0 Å². The van der Waals surface area contributed by atoms with Crippen molar-refractivity contribution in [3.05, 3.63) is 168 Å². The molecule has 3 aliphatic rings. The van der Waals surface area contributed by atoms with Crippen molar-refractivity contribution in [2.75, 3.05) is 0 Å². The van der Waals surface area contributed by atoms with Crippen LogP contribution < -0.4 is 32.8 Å². The van der Waals surface area contributed by atoms with E-state index >= 15 is 0 Å². The molecule has 2 aromatic heterocycles. The van der Waals surface area contributed by atoms with Crippen LogP contribution in [0.25, 0.3) is 77.2 Å². The summed E-state index contributed by atoms with van der Waals surface area (Å²) in [7, 11) is 0. The van der Waals surface area contributed by atoms with Crippen molar-refractivity contribution in [1.82, 2.24) is 9.13 Å². The van der Waals surface area contributed by atoms with Crippen molar-refractivity contribution in [3.63, 3.8) is 0 Å². The maximum Gasteiger partial charge on any atom is 0.248 e. The Labute approximate surface area is 320 Å². The van der Waals surface area contributed by atoms with Crippen molar-refractivity contribution >= 4 is 89.8 Å². The lowest BCUT2D eigenvalue weighted by atomic mass is 9.33. The van der Waals surface area contributed by atoms with Gasteiger partial charge in [0.1, 0.15) is 0 Å². The monoisotopic (exact) mass is 696 g/mol. The van der Waals surface area contributed by atoms with Crippen molar-refractivity contribution in [1.29, 1.82) is 0 Å². The van der Waals surface area contributed by atoms with Gasteiger partial charge in [0, 0.05) is 44.0 Å². The first-order valence-corrected chi connectivity index (χ1v) is 19.6. The number of aryl methyl sites for hydroxylation is 3. The van der Waals surface area contributed by atoms with Gasteiger partial charge in [-0.05, 0) is 89.1 Å². The van der Waals surface area contributed by atoms with Crippen molar-refractivity contribution in [2.24, 2.45) is 0 Å². The summed E-state index contributed by atoms with van der Waals surface area (Å²) < 4.78 is 5.24. The first kappa shape index (κ1) is 29.9. The predicted octanol–water partition coefficient (Wildman–Crippen LogP) is 8.11. The molecule has 0 spiro atoms. The second kappa shape index (κ2) is 10.4. The number of aromatic nitrogens is 2. The zero-order valence-corrected chi connectivity index (χ0v) is 31.0. The predicted molar refractivity (Wildman–Crippen MR) is 236 cm³/mol. The van der Waals surface area contributed by atoms with E-state index in [4.69, 9.17) is 0 Å². The van der Waals surface area contributed by atoms with Gasteiger partial charge < -0.3 is 9.13 Å². The average molecular weight is 696 g/mol. The first-order valence-electron chi connectivity index (χ1n) is 19.6. The molecule has 10 aromatic rings. The zero-order chi connectivity index (χ0) is 36.3. The van der Waals surface area contributed by atoms with Crippen molar-refractivity contribution < 1.29 is 0 Å². The van der Waals surface area contributed by atoms with Crippen LogP contribution in [-0.4, -0.2) is 22.6 Å². The van der Waals surface area contributed by atoms with Crippen LogP contribution in [-0.2, 0) is 0 Å². The highest BCUT2D eigenvalue weighted by atomic mass is 15.0. The highest BCUT2D eigenvalue weighted by Gasteiger charge is 2.43. The molecule has 0 N–H and O–H groups in total. The van der Waals surface area contributed by atoms with Gasteiger partial charge in [-0.15, -0.1) is 0 Å². The van der Waals surface area contributed by atoms with Crippen LogP contribution in [0.4, 0.5) is 0 Å². The Hall–Kier alpha value is -6.51. The third kappa shape index (κ3) is 3.68. The van der Waals surface area contributed by atoms with Crippen LogP contribution in [0.5, 0.6) is 0 Å². The molecule has 5 heterocycles. The molecule has 0 atom stereocenters. The summed E-state index contributed by atoms with van der Waals surface area (Å²) in [5, 5.41) is 5.28. The average Bonchev–Trinajstić information content (AvgIpc) is 3.85. The Morgan fingerprint density at radius 1 is 0.382 bits per heavy atom. The Balaban J connectivity index is 1.22. The van der Waals surface area contributed by atoms with Gasteiger partial charge in [-0.2, -0.15) is 0 Å². The highest BCUT2D eigenvalue weighted by Crippen LogP contribution is 2.41. The van der Waals surface area contributed by atoms with Crippen LogP contribution in [0, 0.1) is 20.8 Å². The standard InChI is InChI=1S/C51H34B2N2/c1-29-24-30(2)48(31(3)25-29)53-41-18-11-16-38-35-15-8-10-19-44(35)54(50(38)41)46-27-42-47(28-43(46)53)55-45-26-33(32-12-5-4-6-13-32)20-21-36(45)39-23-22-37-34-14-7-9-17-40(34)52(42)49(37)51(39)55/h4-28H,1-3H3. The number of para-hydroxylation sites is 2. The van der Waals surface area contributed by atoms with Crippen LogP contribution in [0.1, 0.15) is 16.7 Å². The minimum absolute atomic E-state index is 0.0854. The minimum atomic E-state index is 0.0854. The van der Waals surface area contributed by atoms with E-state index in [1.807, 2.05) is 0 Å². The molecule has 254 valence electrons. The topological polar surface area (TPSA) is 9.86 Å². The smallest absolute Gasteiger partial charge is 0.248 e. The van der Waals surface area contributed by atoms with Crippen LogP contribution >= 0.6 is 0 Å². The van der Waals surface area contributed by atoms with Crippen molar-refractivity contribution in [2.45, 2.75) is 20.8 Å². The maximum atomic E-state index is 2.64. The molecule has 13 rings (SSSR count). The molecule has 0 fully saturated rings. The molecule has 0 saturated heterocycles. The minimum Gasteiger partial charge on any atom is -0.310 e. The van der Waals surface area contributed by atoms with Gasteiger partial charge in [0.05, 0.1) is 11.0 Å². The van der Waals surface area contributed by atoms with E-state index in [0.717, 1.165) is 0 Å². The molecule has 0 bridgehead atoms. The van der Waals surface area contributed by atoms with Gasteiger partial charge in [-0.25, -0.2) is 0 Å². The van der Waals surface area contributed by atoms with Gasteiger partial charge in [0.15, 0.2) is 0 Å². The highest BCUT2D eigenvalue weighted by molar-refractivity contribution is 7.02. The number of rotatable bonds is 2. The zero-order valence-electron chi connectivity index (χ0n) is 31.0. The van der Waals surface area contributed by atoms with Crippen LogP contribution in [0.15, 0.2) is 152 Å². The Morgan fingerprint density at radius 3 is 1.82 bits per heavy atom. The summed E-state index contributed by atoms with van der Waals surface area (Å²) in [6, 6.07) is 57.9. The summed E-state index contributed by atoms with van der Waals surface area (Å²) in [6.45, 7) is 7.10. The molecule has 0 unspecified atom stereocenters. The van der Waals surface area contributed by atoms with Gasteiger partial charge >= 0.3 is 0 Å². The fourth-order valence-electron chi connectivity index (χ4n) is 11.3. The molecule has 0 amide bonds. The summed E-state index contributed by atoms with van der Waals surface area (Å²) in [5.41, 5.74) is 25.5. The van der Waals surface area contributed by atoms with E-state index < -0.39 is 0 Å². The molecular weight excluding hydrogens is 662 g/mol. The van der Waals surface area contributed by atoms with Gasteiger partial charge in [0.2, 0.25) is 13.4 Å². The largest absolute Gasteiger partial charge is 0.310 e. The molecule has 2 nitrogen and oxygen atoms in total. The number of hydrogen-bond acceptors (Lipinski definition) is 0. The van der Waals surface area contributed by atoms with Gasteiger partial charge in [-0.3, -0.25) is 0 Å². The lowest BCUT2D eigenvalue weighted by Crippen LogP contribution is -2.59. The van der Waals surface area contributed by atoms with Gasteiger partial charge in [0.25, 0.3) is 0 Å². The lowest BCUT2D eigenvalue weighted by Gasteiger charge is -2.33. The summed E-state index contributed by atoms with van der Waals surface area (Å²) in [5.74, 6) is 0. The van der Waals surface area contributed by atoms with E-state index in [0.29, 0.717) is 0 Å². The second-order valence-corrected chi connectivity index (χ2v) is 16.2. The third-order valence-electron chi connectivity index (χ3n) is 13.3. The van der Waals surface area contributed by atoms with E-state index in [2.05, 4.69) is 182 Å². The number of nitrogens with zero attached hydrogens (tertiary/aromatic N) is 2. The number of benzene rings is 8. The van der Waals surface area contributed by atoms with Gasteiger partial charge in [-0.1, -0.05) is 155 Å². The third-order valence-corrected chi connectivity index (χ3v) is 13.3. The Morgan fingerprint density at radius 2 is 1.00 bits per heavy atom. The SMILES string of the molecule is Cc1cc(C)c(B2c3cc4c(cc3-n3c5ccccc5c5cccc2c53)B2c3ccccc3-c3ccc5c6ccc(-c7ccccc7)cc6n-4c5c32)c(C)c1. The van der Waals surface area contributed by atoms with Crippen LogP contribution in [0.2, 0.25) is 0 Å². The quantitative estimate of drug-likeness (QED) is 0.162. The Bertz CT molecular complexity index is 3340. The molecular formula is C51H34B2N2. The fraction of sp³-hybridized carbons (Fsp3) is 0.0588. The molecule has 4 heteroatoms. The summed E-state index contributed by atoms with van der Waals surface area (Å²) in [6.07, 6.45) is 0. The Kier molecular flexibility index (Phi) is 5.63. The fourth-order valence-corrected chi connectivity index (χ4v) is 11.3. The number of fused-ring (bicyclic) bond motifs is 14. The summed E-state index contributed by atoms with van der Waals surface area (Å²) in [4.78, 5) is 0. The van der Waals surface area contributed by atoms with E-state index in [1.54, 1.807) is 0 Å².